The van der Waals surface area contributed by atoms with Crippen LogP contribution in [0.25, 0.3) is 0 Å². The maximum Gasteiger partial charge on any atom is 0.335 e. The van der Waals surface area contributed by atoms with Gasteiger partial charge in [0.2, 0.25) is 0 Å². The lowest BCUT2D eigenvalue weighted by atomic mass is 10.0. The number of carboxylic acids is 1. The van der Waals surface area contributed by atoms with Gasteiger partial charge < -0.3 is 10.2 Å². The molecular weight excluding hydrogens is 180 g/mol. The average Bonchev–Trinajstić information content (AvgIpc) is 2.01. The van der Waals surface area contributed by atoms with Crippen LogP contribution in [0.4, 0.5) is 0 Å². The molecule has 0 aliphatic rings. The number of benzene rings is 1. The predicted octanol–water partition coefficient (Wildman–Crippen LogP) is 1.66. The van der Waals surface area contributed by atoms with Crippen molar-refractivity contribution < 1.29 is 15.0 Å². The third kappa shape index (κ3) is 2.49. The van der Waals surface area contributed by atoms with Gasteiger partial charge in [-0.3, -0.25) is 0 Å². The van der Waals surface area contributed by atoms with Gasteiger partial charge in [0.15, 0.2) is 0 Å². The summed E-state index contributed by atoms with van der Waals surface area (Å²) in [6.45, 7) is 4.10. The van der Waals surface area contributed by atoms with Crippen molar-refractivity contribution in [2.24, 2.45) is 5.92 Å². The molecule has 0 radical (unpaired) electrons. The van der Waals surface area contributed by atoms with Gasteiger partial charge in [0.1, 0.15) is 0 Å². The SMILES string of the molecule is CC(C)Cc1ccc(C(=O)O)c([O-])c1. The van der Waals surface area contributed by atoms with E-state index in [1.807, 2.05) is 0 Å². The standard InChI is InChI=1S/C11H14O3/c1-7(2)5-8-3-4-9(11(13)14)10(12)6-8/h3-4,6-7,12H,5H2,1-2H3,(H,13,14)/p-1. The Morgan fingerprint density at radius 1 is 1.50 bits per heavy atom. The highest BCUT2D eigenvalue weighted by atomic mass is 16.4. The Bertz CT molecular complexity index is 342. The average molecular weight is 193 g/mol. The largest absolute Gasteiger partial charge is 0.872 e. The Morgan fingerprint density at radius 2 is 2.14 bits per heavy atom. The molecule has 0 bridgehead atoms. The first-order chi connectivity index (χ1) is 6.50. The Balaban J connectivity index is 2.94. The molecule has 0 heterocycles. The lowest BCUT2D eigenvalue weighted by Crippen LogP contribution is -2.05. The van der Waals surface area contributed by atoms with Crippen LogP contribution in [0.15, 0.2) is 18.2 Å². The highest BCUT2D eigenvalue weighted by Gasteiger charge is 2.04. The zero-order valence-electron chi connectivity index (χ0n) is 8.28. The molecule has 14 heavy (non-hydrogen) atoms. The van der Waals surface area contributed by atoms with Crippen LogP contribution in [0.2, 0.25) is 0 Å². The van der Waals surface area contributed by atoms with Gasteiger partial charge in [-0.05, 0) is 24.0 Å². The van der Waals surface area contributed by atoms with Crippen LogP contribution in [0.3, 0.4) is 0 Å². The van der Waals surface area contributed by atoms with E-state index in [-0.39, 0.29) is 5.56 Å². The molecule has 1 aromatic carbocycles. The van der Waals surface area contributed by atoms with Crippen LogP contribution >= 0.6 is 0 Å². The summed E-state index contributed by atoms with van der Waals surface area (Å²) in [5.74, 6) is -1.10. The van der Waals surface area contributed by atoms with E-state index in [1.54, 1.807) is 6.07 Å². The molecule has 0 aliphatic heterocycles. The quantitative estimate of drug-likeness (QED) is 0.794. The Hall–Kier alpha value is -1.51. The fourth-order valence-corrected chi connectivity index (χ4v) is 1.34. The first-order valence-corrected chi connectivity index (χ1v) is 4.54. The van der Waals surface area contributed by atoms with Gasteiger partial charge in [-0.15, -0.1) is 0 Å². The van der Waals surface area contributed by atoms with Crippen molar-refractivity contribution in [2.45, 2.75) is 20.3 Å². The smallest absolute Gasteiger partial charge is 0.335 e. The van der Waals surface area contributed by atoms with Gasteiger partial charge >= 0.3 is 5.97 Å². The molecule has 0 saturated carbocycles. The maximum atomic E-state index is 11.3. The van der Waals surface area contributed by atoms with Crippen molar-refractivity contribution in [2.75, 3.05) is 0 Å². The number of hydrogen-bond acceptors (Lipinski definition) is 2. The summed E-state index contributed by atoms with van der Waals surface area (Å²) in [5.41, 5.74) is 0.743. The molecule has 0 atom stereocenters. The van der Waals surface area contributed by atoms with Gasteiger partial charge in [0.25, 0.3) is 0 Å². The van der Waals surface area contributed by atoms with Crippen LogP contribution < -0.4 is 5.11 Å². The molecule has 1 rings (SSSR count). The predicted molar refractivity (Wildman–Crippen MR) is 51.4 cm³/mol. The summed E-state index contributed by atoms with van der Waals surface area (Å²) in [5, 5.41) is 19.9. The van der Waals surface area contributed by atoms with E-state index in [2.05, 4.69) is 13.8 Å². The molecule has 1 aromatic rings. The van der Waals surface area contributed by atoms with E-state index in [0.29, 0.717) is 5.92 Å². The van der Waals surface area contributed by atoms with Crippen LogP contribution in [-0.2, 0) is 6.42 Å². The summed E-state index contributed by atoms with van der Waals surface area (Å²) < 4.78 is 0. The Morgan fingerprint density at radius 3 is 2.57 bits per heavy atom. The van der Waals surface area contributed by atoms with E-state index >= 15 is 0 Å². The molecule has 0 aromatic heterocycles. The molecule has 3 heteroatoms. The highest BCUT2D eigenvalue weighted by molar-refractivity contribution is 5.90. The second-order valence-electron chi connectivity index (χ2n) is 3.73. The summed E-state index contributed by atoms with van der Waals surface area (Å²) in [6.07, 6.45) is 0.801. The molecular formula is C11H13O3-. The minimum atomic E-state index is -1.16. The van der Waals surface area contributed by atoms with Gasteiger partial charge in [0.05, 0.1) is 5.56 Å². The molecule has 0 saturated heterocycles. The summed E-state index contributed by atoms with van der Waals surface area (Å²) in [6, 6.07) is 4.48. The van der Waals surface area contributed by atoms with E-state index in [0.717, 1.165) is 12.0 Å². The fourth-order valence-electron chi connectivity index (χ4n) is 1.34. The molecule has 3 nitrogen and oxygen atoms in total. The summed E-state index contributed by atoms with van der Waals surface area (Å²) >= 11 is 0. The van der Waals surface area contributed by atoms with Crippen molar-refractivity contribution in [3.63, 3.8) is 0 Å². The Labute approximate surface area is 83.0 Å². The molecule has 0 aliphatic carbocycles. The van der Waals surface area contributed by atoms with Crippen molar-refractivity contribution >= 4 is 5.97 Å². The van der Waals surface area contributed by atoms with E-state index < -0.39 is 11.7 Å². The minimum Gasteiger partial charge on any atom is -0.872 e. The van der Waals surface area contributed by atoms with Crippen LogP contribution in [0.1, 0.15) is 29.8 Å². The highest BCUT2D eigenvalue weighted by Crippen LogP contribution is 2.18. The third-order valence-corrected chi connectivity index (χ3v) is 1.92. The lowest BCUT2D eigenvalue weighted by molar-refractivity contribution is -0.268. The topological polar surface area (TPSA) is 60.4 Å². The lowest BCUT2D eigenvalue weighted by Gasteiger charge is -2.13. The fraction of sp³-hybridized carbons (Fsp3) is 0.364. The van der Waals surface area contributed by atoms with Gasteiger partial charge in [-0.25, -0.2) is 4.79 Å². The number of aromatic carboxylic acids is 1. The zero-order valence-corrected chi connectivity index (χ0v) is 8.28. The minimum absolute atomic E-state index is 0.155. The molecule has 0 spiro atoms. The molecule has 0 unspecified atom stereocenters. The van der Waals surface area contributed by atoms with E-state index in [9.17, 15) is 9.90 Å². The molecule has 1 N–H and O–H groups in total. The van der Waals surface area contributed by atoms with Crippen molar-refractivity contribution in [1.29, 1.82) is 0 Å². The van der Waals surface area contributed by atoms with Crippen molar-refractivity contribution in [3.8, 4) is 5.75 Å². The summed E-state index contributed by atoms with van der Waals surface area (Å²) in [4.78, 5) is 10.6. The first kappa shape index (κ1) is 10.6. The second-order valence-corrected chi connectivity index (χ2v) is 3.73. The number of carbonyl (C=O) groups is 1. The van der Waals surface area contributed by atoms with Crippen LogP contribution in [-0.4, -0.2) is 11.1 Å². The van der Waals surface area contributed by atoms with E-state index in [4.69, 9.17) is 5.11 Å². The van der Waals surface area contributed by atoms with Crippen molar-refractivity contribution in [1.82, 2.24) is 0 Å². The number of hydrogen-bond donors (Lipinski definition) is 1. The molecule has 0 fully saturated rings. The molecule has 76 valence electrons. The first-order valence-electron chi connectivity index (χ1n) is 4.54. The third-order valence-electron chi connectivity index (χ3n) is 1.92. The van der Waals surface area contributed by atoms with E-state index in [1.165, 1.54) is 12.1 Å². The maximum absolute atomic E-state index is 11.3. The normalized spacial score (nSPS) is 10.5. The summed E-state index contributed by atoms with van der Waals surface area (Å²) in [7, 11) is 0. The van der Waals surface area contributed by atoms with Gasteiger partial charge in [-0.1, -0.05) is 31.7 Å². The number of carboxylic acid groups (broad SMARTS) is 1. The second kappa shape index (κ2) is 4.13. The van der Waals surface area contributed by atoms with Gasteiger partial charge in [-0.2, -0.15) is 0 Å². The zero-order chi connectivity index (χ0) is 10.7. The monoisotopic (exact) mass is 193 g/mol. The van der Waals surface area contributed by atoms with Crippen LogP contribution in [0, 0.1) is 5.92 Å². The Kier molecular flexibility index (Phi) is 3.12. The van der Waals surface area contributed by atoms with Crippen molar-refractivity contribution in [3.05, 3.63) is 29.3 Å². The molecule has 0 amide bonds. The number of rotatable bonds is 3. The van der Waals surface area contributed by atoms with Crippen LogP contribution in [0.5, 0.6) is 5.75 Å². The van der Waals surface area contributed by atoms with Gasteiger partial charge in [0, 0.05) is 0 Å².